The summed E-state index contributed by atoms with van der Waals surface area (Å²) in [5.74, 6) is 0. The van der Waals surface area contributed by atoms with Crippen molar-refractivity contribution in [2.45, 2.75) is 12.7 Å². The van der Waals surface area contributed by atoms with Crippen LogP contribution < -0.4 is 5.43 Å². The molecule has 2 rings (SSSR count). The Kier molecular flexibility index (Phi) is 4.21. The van der Waals surface area contributed by atoms with Gasteiger partial charge in [-0.05, 0) is 11.6 Å². The molecule has 3 nitrogen and oxygen atoms in total. The summed E-state index contributed by atoms with van der Waals surface area (Å²) >= 11 is 0. The van der Waals surface area contributed by atoms with Gasteiger partial charge in [0.15, 0.2) is 0 Å². The molecule has 0 bridgehead atoms. The van der Waals surface area contributed by atoms with Crippen molar-refractivity contribution < 1.29 is 17.9 Å². The van der Waals surface area contributed by atoms with Crippen LogP contribution in [-0.4, -0.2) is 31.3 Å². The van der Waals surface area contributed by atoms with E-state index in [9.17, 15) is 13.2 Å². The largest absolute Gasteiger partial charge is 0.416 e. The van der Waals surface area contributed by atoms with E-state index in [1.807, 2.05) is 5.01 Å². The van der Waals surface area contributed by atoms with Crippen LogP contribution in [-0.2, 0) is 17.5 Å². The highest BCUT2D eigenvalue weighted by Crippen LogP contribution is 2.29. The van der Waals surface area contributed by atoms with Crippen LogP contribution in [0.2, 0.25) is 0 Å². The Morgan fingerprint density at radius 1 is 1.22 bits per heavy atom. The summed E-state index contributed by atoms with van der Waals surface area (Å²) in [6.45, 7) is 3.19. The van der Waals surface area contributed by atoms with Crippen LogP contribution in [0, 0.1) is 0 Å². The van der Waals surface area contributed by atoms with Crippen LogP contribution in [0.15, 0.2) is 24.3 Å². The number of hydrogen-bond acceptors (Lipinski definition) is 3. The van der Waals surface area contributed by atoms with E-state index in [4.69, 9.17) is 4.74 Å². The number of alkyl halides is 3. The molecule has 0 aliphatic carbocycles. The molecule has 0 spiro atoms. The standard InChI is InChI=1S/C12H15F3N2O/c13-12(14,15)11-3-1-2-10(8-11)9-16-17-4-6-18-7-5-17/h1-3,8,16H,4-7,9H2. The van der Waals surface area contributed by atoms with Crippen LogP contribution in [0.25, 0.3) is 0 Å². The summed E-state index contributed by atoms with van der Waals surface area (Å²) in [4.78, 5) is 0. The van der Waals surface area contributed by atoms with Gasteiger partial charge in [-0.15, -0.1) is 0 Å². The summed E-state index contributed by atoms with van der Waals surface area (Å²) < 4.78 is 42.7. The van der Waals surface area contributed by atoms with Crippen molar-refractivity contribution in [3.63, 3.8) is 0 Å². The van der Waals surface area contributed by atoms with Gasteiger partial charge in [-0.25, -0.2) is 5.01 Å². The molecule has 1 aliphatic heterocycles. The summed E-state index contributed by atoms with van der Waals surface area (Å²) in [6.07, 6.45) is -4.28. The summed E-state index contributed by atoms with van der Waals surface area (Å²) in [6, 6.07) is 5.37. The number of morpholine rings is 1. The van der Waals surface area contributed by atoms with Crippen LogP contribution >= 0.6 is 0 Å². The van der Waals surface area contributed by atoms with Crippen LogP contribution in [0.1, 0.15) is 11.1 Å². The van der Waals surface area contributed by atoms with E-state index in [0.717, 1.165) is 19.2 Å². The Bertz CT molecular complexity index is 389. The zero-order chi connectivity index (χ0) is 13.0. The Balaban J connectivity index is 1.92. The van der Waals surface area contributed by atoms with Gasteiger partial charge in [0, 0.05) is 19.6 Å². The lowest BCUT2D eigenvalue weighted by atomic mass is 10.1. The van der Waals surface area contributed by atoms with Gasteiger partial charge in [0.25, 0.3) is 0 Å². The van der Waals surface area contributed by atoms with Crippen molar-refractivity contribution in [2.75, 3.05) is 26.3 Å². The minimum absolute atomic E-state index is 0.393. The Morgan fingerprint density at radius 3 is 2.61 bits per heavy atom. The van der Waals surface area contributed by atoms with Crippen LogP contribution in [0.4, 0.5) is 13.2 Å². The van der Waals surface area contributed by atoms with Gasteiger partial charge in [0.05, 0.1) is 18.8 Å². The maximum Gasteiger partial charge on any atom is 0.416 e. The zero-order valence-electron chi connectivity index (χ0n) is 9.83. The van der Waals surface area contributed by atoms with E-state index in [-0.39, 0.29) is 0 Å². The smallest absolute Gasteiger partial charge is 0.379 e. The molecule has 18 heavy (non-hydrogen) atoms. The normalized spacial score (nSPS) is 17.9. The van der Waals surface area contributed by atoms with Crippen LogP contribution in [0.3, 0.4) is 0 Å². The molecule has 0 radical (unpaired) electrons. The molecule has 0 unspecified atom stereocenters. The number of hydrogen-bond donors (Lipinski definition) is 1. The number of benzene rings is 1. The molecular weight excluding hydrogens is 245 g/mol. The average molecular weight is 260 g/mol. The van der Waals surface area contributed by atoms with E-state index < -0.39 is 11.7 Å². The quantitative estimate of drug-likeness (QED) is 0.900. The lowest BCUT2D eigenvalue weighted by Crippen LogP contribution is -2.45. The third-order valence-electron chi connectivity index (χ3n) is 2.77. The molecular formula is C12H15F3N2O. The first-order valence-corrected chi connectivity index (χ1v) is 5.78. The number of ether oxygens (including phenoxy) is 1. The molecule has 1 aromatic carbocycles. The second-order valence-corrected chi connectivity index (χ2v) is 4.13. The first-order valence-electron chi connectivity index (χ1n) is 5.78. The molecule has 0 atom stereocenters. The van der Waals surface area contributed by atoms with Gasteiger partial charge < -0.3 is 4.74 Å². The first-order chi connectivity index (χ1) is 8.55. The fourth-order valence-corrected chi connectivity index (χ4v) is 1.78. The van der Waals surface area contributed by atoms with Crippen molar-refractivity contribution in [3.05, 3.63) is 35.4 Å². The van der Waals surface area contributed by atoms with E-state index in [2.05, 4.69) is 5.43 Å². The van der Waals surface area contributed by atoms with E-state index in [1.165, 1.54) is 12.1 Å². The van der Waals surface area contributed by atoms with Gasteiger partial charge in [-0.2, -0.15) is 13.2 Å². The highest BCUT2D eigenvalue weighted by molar-refractivity contribution is 5.25. The van der Waals surface area contributed by atoms with Gasteiger partial charge in [0.1, 0.15) is 0 Å². The number of hydrazine groups is 1. The topological polar surface area (TPSA) is 24.5 Å². The SMILES string of the molecule is FC(F)(F)c1cccc(CNN2CCOCC2)c1. The van der Waals surface area contributed by atoms with Crippen molar-refractivity contribution in [1.82, 2.24) is 10.4 Å². The third kappa shape index (κ3) is 3.69. The molecule has 1 aliphatic rings. The molecule has 6 heteroatoms. The lowest BCUT2D eigenvalue weighted by molar-refractivity contribution is -0.137. The maximum atomic E-state index is 12.5. The maximum absolute atomic E-state index is 12.5. The van der Waals surface area contributed by atoms with Gasteiger partial charge in [0.2, 0.25) is 0 Å². The Morgan fingerprint density at radius 2 is 1.94 bits per heavy atom. The monoisotopic (exact) mass is 260 g/mol. The third-order valence-corrected chi connectivity index (χ3v) is 2.77. The minimum atomic E-state index is -4.28. The fourth-order valence-electron chi connectivity index (χ4n) is 1.78. The fraction of sp³-hybridized carbons (Fsp3) is 0.500. The highest BCUT2D eigenvalue weighted by atomic mass is 19.4. The zero-order valence-corrected chi connectivity index (χ0v) is 9.83. The van der Waals surface area contributed by atoms with Crippen molar-refractivity contribution in [3.8, 4) is 0 Å². The van der Waals surface area contributed by atoms with Crippen molar-refractivity contribution in [2.24, 2.45) is 0 Å². The van der Waals surface area contributed by atoms with Gasteiger partial charge in [-0.1, -0.05) is 18.2 Å². The van der Waals surface area contributed by atoms with E-state index in [1.54, 1.807) is 6.07 Å². The van der Waals surface area contributed by atoms with E-state index in [0.29, 0.717) is 25.3 Å². The van der Waals surface area contributed by atoms with Crippen molar-refractivity contribution >= 4 is 0 Å². The number of halogens is 3. The second-order valence-electron chi connectivity index (χ2n) is 4.13. The molecule has 100 valence electrons. The van der Waals surface area contributed by atoms with E-state index >= 15 is 0 Å². The Labute approximate surface area is 104 Å². The highest BCUT2D eigenvalue weighted by Gasteiger charge is 2.30. The summed E-state index contributed by atoms with van der Waals surface area (Å²) in [7, 11) is 0. The summed E-state index contributed by atoms with van der Waals surface area (Å²) in [5, 5.41) is 1.96. The Hall–Kier alpha value is -1.11. The predicted octanol–water partition coefficient (Wildman–Crippen LogP) is 2.04. The molecule has 1 aromatic rings. The average Bonchev–Trinajstić information content (AvgIpc) is 2.37. The molecule has 0 saturated carbocycles. The lowest BCUT2D eigenvalue weighted by Gasteiger charge is -2.27. The first kappa shape index (κ1) is 13.3. The number of nitrogens with zero attached hydrogens (tertiary/aromatic N) is 1. The van der Waals surface area contributed by atoms with Gasteiger partial charge in [-0.3, -0.25) is 5.43 Å². The molecule has 0 amide bonds. The summed E-state index contributed by atoms with van der Waals surface area (Å²) in [5.41, 5.74) is 3.12. The molecule has 1 saturated heterocycles. The van der Waals surface area contributed by atoms with Crippen LogP contribution in [0.5, 0.6) is 0 Å². The second kappa shape index (κ2) is 5.69. The molecule has 1 heterocycles. The molecule has 0 aromatic heterocycles. The van der Waals surface area contributed by atoms with Crippen molar-refractivity contribution in [1.29, 1.82) is 0 Å². The molecule has 1 fully saturated rings. The number of nitrogens with one attached hydrogen (secondary N) is 1. The predicted molar refractivity (Wildman–Crippen MR) is 60.7 cm³/mol. The number of rotatable bonds is 3. The van der Waals surface area contributed by atoms with Gasteiger partial charge >= 0.3 is 6.18 Å². The minimum Gasteiger partial charge on any atom is -0.379 e. The molecule has 1 N–H and O–H groups in total.